The minimum Gasteiger partial charge on any atom is -0.227 e. The fourth-order valence-corrected chi connectivity index (χ4v) is 8.45. The van der Waals surface area contributed by atoms with Gasteiger partial charge in [0.15, 0.2) is 11.3 Å². The number of aromatic nitrogens is 4. The first-order valence-corrected chi connectivity index (χ1v) is 20.9. The van der Waals surface area contributed by atoms with Crippen molar-refractivity contribution in [1.82, 2.24) is 19.9 Å². The van der Waals surface area contributed by atoms with E-state index in [0.717, 1.165) is 100 Å². The van der Waals surface area contributed by atoms with Crippen LogP contribution >= 0.6 is 0 Å². The number of nitrogens with zero attached hydrogens (tertiary/aromatic N) is 4. The normalized spacial score (nSPS) is 11.2. The summed E-state index contributed by atoms with van der Waals surface area (Å²) in [5, 5.41) is 1.94. The minimum atomic E-state index is 0.685. The van der Waals surface area contributed by atoms with Crippen LogP contribution in [0.2, 0.25) is 0 Å². The van der Waals surface area contributed by atoms with Gasteiger partial charge >= 0.3 is 0 Å². The van der Waals surface area contributed by atoms with Crippen LogP contribution in [0, 0.1) is 0 Å². The van der Waals surface area contributed by atoms with Crippen LogP contribution in [-0.4, -0.2) is 19.9 Å². The van der Waals surface area contributed by atoms with Crippen molar-refractivity contribution in [3.05, 3.63) is 231 Å². The Bertz CT molecular complexity index is 3130. The van der Waals surface area contributed by atoms with E-state index in [-0.39, 0.29) is 0 Å². The van der Waals surface area contributed by atoms with Crippen LogP contribution in [-0.2, 0) is 0 Å². The average Bonchev–Trinajstić information content (AvgIpc) is 3.36. The average molecular weight is 791 g/mol. The van der Waals surface area contributed by atoms with Gasteiger partial charge in [-0.2, -0.15) is 0 Å². The van der Waals surface area contributed by atoms with Crippen molar-refractivity contribution in [2.75, 3.05) is 0 Å². The first kappa shape index (κ1) is 36.7. The van der Waals surface area contributed by atoms with E-state index >= 15 is 0 Å². The third-order valence-electron chi connectivity index (χ3n) is 11.5. The lowest BCUT2D eigenvalue weighted by Crippen LogP contribution is -1.98. The van der Waals surface area contributed by atoms with Gasteiger partial charge in [-0.1, -0.05) is 200 Å². The fraction of sp³-hybridized carbons (Fsp3) is 0. The Morgan fingerprint density at radius 1 is 0.194 bits per heavy atom. The SMILES string of the molecule is c1ccc(-c2cc3cc(-c4ccccc4)c(-c4cccc(-c5nc6nc(-c7ccccc7)c(-c7ccccc7)cc6cc5-c5ccccc5)c4)nc3nc2-c2ccccc2)cc1. The van der Waals surface area contributed by atoms with E-state index in [4.69, 9.17) is 19.9 Å². The molecule has 0 saturated heterocycles. The highest BCUT2D eigenvalue weighted by molar-refractivity contribution is 5.98. The zero-order valence-corrected chi connectivity index (χ0v) is 33.7. The second kappa shape index (κ2) is 16.0. The van der Waals surface area contributed by atoms with Gasteiger partial charge in [-0.3, -0.25) is 0 Å². The van der Waals surface area contributed by atoms with Gasteiger partial charge in [0.2, 0.25) is 0 Å². The Morgan fingerprint density at radius 2 is 0.419 bits per heavy atom. The van der Waals surface area contributed by atoms with E-state index in [1.54, 1.807) is 0 Å². The summed E-state index contributed by atoms with van der Waals surface area (Å²) in [5.41, 5.74) is 17.5. The molecule has 0 aliphatic carbocycles. The quantitative estimate of drug-likeness (QED) is 0.154. The highest BCUT2D eigenvalue weighted by atomic mass is 14.9. The van der Waals surface area contributed by atoms with Crippen LogP contribution in [0.3, 0.4) is 0 Å². The van der Waals surface area contributed by atoms with Crippen molar-refractivity contribution < 1.29 is 0 Å². The molecule has 4 heterocycles. The van der Waals surface area contributed by atoms with Gasteiger partial charge in [0, 0.05) is 55.3 Å². The maximum absolute atomic E-state index is 5.45. The molecule has 0 aliphatic rings. The lowest BCUT2D eigenvalue weighted by molar-refractivity contribution is 1.28. The van der Waals surface area contributed by atoms with Crippen LogP contribution in [0.25, 0.3) is 112 Å². The molecule has 0 saturated carbocycles. The molecular formula is C58H38N4. The molecule has 0 radical (unpaired) electrons. The Labute approximate surface area is 360 Å². The molecule has 4 heteroatoms. The Balaban J connectivity index is 1.13. The van der Waals surface area contributed by atoms with Crippen LogP contribution in [0.5, 0.6) is 0 Å². The van der Waals surface area contributed by atoms with E-state index in [9.17, 15) is 0 Å². The molecule has 0 bridgehead atoms. The second-order valence-electron chi connectivity index (χ2n) is 15.4. The lowest BCUT2D eigenvalue weighted by Gasteiger charge is -2.17. The monoisotopic (exact) mass is 790 g/mol. The van der Waals surface area contributed by atoms with E-state index in [1.807, 2.05) is 24.3 Å². The molecule has 0 atom stereocenters. The number of fused-ring (bicyclic) bond motifs is 2. The summed E-state index contributed by atoms with van der Waals surface area (Å²) in [4.78, 5) is 21.6. The first-order valence-electron chi connectivity index (χ1n) is 20.9. The molecule has 7 aromatic carbocycles. The zero-order chi connectivity index (χ0) is 41.2. The fourth-order valence-electron chi connectivity index (χ4n) is 8.45. The number of benzene rings is 7. The van der Waals surface area contributed by atoms with E-state index < -0.39 is 0 Å². The van der Waals surface area contributed by atoms with Gasteiger partial charge < -0.3 is 0 Å². The van der Waals surface area contributed by atoms with Gasteiger partial charge in [-0.05, 0) is 52.6 Å². The van der Waals surface area contributed by atoms with Crippen molar-refractivity contribution in [2.24, 2.45) is 0 Å². The van der Waals surface area contributed by atoms with E-state index in [2.05, 4.69) is 206 Å². The third kappa shape index (κ3) is 7.00. The number of pyridine rings is 4. The van der Waals surface area contributed by atoms with Crippen molar-refractivity contribution in [3.8, 4) is 89.5 Å². The summed E-state index contributed by atoms with van der Waals surface area (Å²) >= 11 is 0. The van der Waals surface area contributed by atoms with Gasteiger partial charge in [0.25, 0.3) is 0 Å². The predicted molar refractivity (Wildman–Crippen MR) is 256 cm³/mol. The number of hydrogen-bond acceptors (Lipinski definition) is 4. The maximum atomic E-state index is 5.45. The molecule has 0 unspecified atom stereocenters. The standard InChI is InChI=1S/C58H38N4/c1-7-20-39(21-8-1)49-35-47-37-51(41-24-11-3-12-25-41)55(61-57(47)59-53(49)43-28-15-5-16-29-43)45-32-19-33-46(34-45)56-52(42-26-13-4-14-27-42)38-48-36-50(40-22-9-2-10-23-40)54(60-58(48)62-56)44-30-17-6-18-31-44/h1-38H. The zero-order valence-electron chi connectivity index (χ0n) is 33.7. The molecule has 0 N–H and O–H groups in total. The molecule has 4 aromatic heterocycles. The molecule has 11 rings (SSSR count). The van der Waals surface area contributed by atoms with Gasteiger partial charge in [-0.25, -0.2) is 19.9 Å². The Kier molecular flexibility index (Phi) is 9.49. The number of rotatable bonds is 8. The summed E-state index contributed by atoms with van der Waals surface area (Å²) in [6.07, 6.45) is 0. The van der Waals surface area contributed by atoms with Crippen LogP contribution in [0.15, 0.2) is 231 Å². The van der Waals surface area contributed by atoms with Crippen molar-refractivity contribution in [3.63, 3.8) is 0 Å². The molecular weight excluding hydrogens is 753 g/mol. The molecule has 0 fully saturated rings. The minimum absolute atomic E-state index is 0.685. The summed E-state index contributed by atoms with van der Waals surface area (Å²) in [6.45, 7) is 0. The van der Waals surface area contributed by atoms with Crippen LogP contribution in [0.4, 0.5) is 0 Å². The molecule has 0 aliphatic heterocycles. The van der Waals surface area contributed by atoms with Crippen LogP contribution < -0.4 is 0 Å². The molecule has 62 heavy (non-hydrogen) atoms. The maximum Gasteiger partial charge on any atom is 0.160 e. The van der Waals surface area contributed by atoms with Gasteiger partial charge in [0.1, 0.15) is 0 Å². The second-order valence-corrected chi connectivity index (χ2v) is 15.4. The smallest absolute Gasteiger partial charge is 0.160 e. The molecule has 0 spiro atoms. The lowest BCUT2D eigenvalue weighted by atomic mass is 9.93. The topological polar surface area (TPSA) is 51.6 Å². The third-order valence-corrected chi connectivity index (χ3v) is 11.5. The largest absolute Gasteiger partial charge is 0.227 e. The van der Waals surface area contributed by atoms with E-state index in [1.165, 1.54) is 0 Å². The van der Waals surface area contributed by atoms with E-state index in [0.29, 0.717) is 11.3 Å². The van der Waals surface area contributed by atoms with Crippen molar-refractivity contribution in [1.29, 1.82) is 0 Å². The summed E-state index contributed by atoms with van der Waals surface area (Å²) in [6, 6.07) is 80.4. The Hall–Kier alpha value is -8.34. The summed E-state index contributed by atoms with van der Waals surface area (Å²) in [7, 11) is 0. The highest BCUT2D eigenvalue weighted by Gasteiger charge is 2.20. The molecule has 0 amide bonds. The molecule has 11 aromatic rings. The summed E-state index contributed by atoms with van der Waals surface area (Å²) in [5.74, 6) is 0. The van der Waals surface area contributed by atoms with Gasteiger partial charge in [-0.15, -0.1) is 0 Å². The molecule has 4 nitrogen and oxygen atoms in total. The first-order chi connectivity index (χ1) is 30.7. The molecule has 290 valence electrons. The Morgan fingerprint density at radius 3 is 0.694 bits per heavy atom. The summed E-state index contributed by atoms with van der Waals surface area (Å²) < 4.78 is 0. The number of hydrogen-bond donors (Lipinski definition) is 0. The highest BCUT2D eigenvalue weighted by Crippen LogP contribution is 2.41. The predicted octanol–water partition coefficient (Wildman–Crippen LogP) is 14.9. The van der Waals surface area contributed by atoms with Crippen molar-refractivity contribution >= 4 is 22.1 Å². The van der Waals surface area contributed by atoms with Gasteiger partial charge in [0.05, 0.1) is 22.8 Å². The van der Waals surface area contributed by atoms with Crippen LogP contribution in [0.1, 0.15) is 0 Å². The van der Waals surface area contributed by atoms with Crippen molar-refractivity contribution in [2.45, 2.75) is 0 Å².